The summed E-state index contributed by atoms with van der Waals surface area (Å²) in [5.41, 5.74) is 2.70. The molecule has 4 rings (SSSR count). The molecule has 31 heavy (non-hydrogen) atoms. The summed E-state index contributed by atoms with van der Waals surface area (Å²) in [6.07, 6.45) is 1.75. The minimum atomic E-state index is -0.425. The van der Waals surface area contributed by atoms with Gasteiger partial charge in [-0.25, -0.2) is 4.39 Å². The number of hydrogen-bond acceptors (Lipinski definition) is 2. The van der Waals surface area contributed by atoms with E-state index in [2.05, 4.69) is 5.32 Å². The van der Waals surface area contributed by atoms with Crippen LogP contribution in [0.25, 0.3) is 0 Å². The number of anilines is 1. The number of halogens is 2. The number of aryl methyl sites for hydroxylation is 1. The van der Waals surface area contributed by atoms with Gasteiger partial charge in [0.1, 0.15) is 5.82 Å². The van der Waals surface area contributed by atoms with Crippen molar-refractivity contribution in [3.8, 4) is 0 Å². The lowest BCUT2D eigenvalue weighted by molar-refractivity contribution is 0.0728. The molecule has 0 atom stereocenters. The number of carbonyl (C=O) groups is 2. The van der Waals surface area contributed by atoms with Crippen LogP contribution in [0.3, 0.4) is 0 Å². The van der Waals surface area contributed by atoms with Crippen molar-refractivity contribution in [2.45, 2.75) is 32.4 Å². The van der Waals surface area contributed by atoms with Crippen LogP contribution in [0.5, 0.6) is 0 Å². The normalized spacial score (nSPS) is 13.0. The number of carbonyl (C=O) groups excluding carboxylic acids is 2. The Hall–Kier alpha value is -3.18. The zero-order valence-electron chi connectivity index (χ0n) is 17.1. The summed E-state index contributed by atoms with van der Waals surface area (Å²) in [6, 6.07) is 18.7. The number of amides is 2. The monoisotopic (exact) mass is 436 g/mol. The number of nitrogens with one attached hydrogen (secondary N) is 1. The highest BCUT2D eigenvalue weighted by molar-refractivity contribution is 6.31. The van der Waals surface area contributed by atoms with E-state index in [0.717, 1.165) is 18.4 Å². The zero-order chi connectivity index (χ0) is 22.0. The third-order valence-electron chi connectivity index (χ3n) is 5.41. The summed E-state index contributed by atoms with van der Waals surface area (Å²) in [5.74, 6) is -0.881. The molecule has 1 N–H and O–H groups in total. The summed E-state index contributed by atoms with van der Waals surface area (Å²) in [6.45, 7) is 1.97. The summed E-state index contributed by atoms with van der Waals surface area (Å²) >= 11 is 6.19. The van der Waals surface area contributed by atoms with Crippen LogP contribution in [-0.2, 0) is 6.54 Å². The maximum atomic E-state index is 14.3. The van der Waals surface area contributed by atoms with Gasteiger partial charge in [0.15, 0.2) is 0 Å². The molecule has 0 heterocycles. The van der Waals surface area contributed by atoms with Crippen LogP contribution in [0.4, 0.5) is 10.1 Å². The van der Waals surface area contributed by atoms with Crippen molar-refractivity contribution in [2.75, 3.05) is 5.32 Å². The maximum absolute atomic E-state index is 14.3. The van der Waals surface area contributed by atoms with Gasteiger partial charge >= 0.3 is 0 Å². The molecule has 0 spiro atoms. The van der Waals surface area contributed by atoms with Crippen molar-refractivity contribution in [3.05, 3.63) is 99.8 Å². The Bertz CT molecular complexity index is 1110. The first kappa shape index (κ1) is 21.1. The van der Waals surface area contributed by atoms with Gasteiger partial charge < -0.3 is 10.2 Å². The predicted molar refractivity (Wildman–Crippen MR) is 120 cm³/mol. The molecule has 0 bridgehead atoms. The molecule has 1 fully saturated rings. The van der Waals surface area contributed by atoms with E-state index in [1.54, 1.807) is 59.5 Å². The Labute approximate surface area is 185 Å². The van der Waals surface area contributed by atoms with Gasteiger partial charge in [-0.05, 0) is 61.7 Å². The second-order valence-corrected chi connectivity index (χ2v) is 8.12. The fourth-order valence-corrected chi connectivity index (χ4v) is 3.67. The molecule has 1 aliphatic rings. The van der Waals surface area contributed by atoms with E-state index in [1.807, 2.05) is 13.0 Å². The van der Waals surface area contributed by atoms with E-state index in [9.17, 15) is 14.0 Å². The lowest BCUT2D eigenvalue weighted by Crippen LogP contribution is -2.33. The highest BCUT2D eigenvalue weighted by Gasteiger charge is 2.34. The van der Waals surface area contributed by atoms with Gasteiger partial charge in [0.25, 0.3) is 11.8 Å². The van der Waals surface area contributed by atoms with Gasteiger partial charge in [-0.3, -0.25) is 9.59 Å². The Morgan fingerprint density at radius 1 is 1.03 bits per heavy atom. The molecule has 3 aromatic carbocycles. The molecule has 6 heteroatoms. The number of hydrogen-bond donors (Lipinski definition) is 1. The Kier molecular flexibility index (Phi) is 6.05. The Morgan fingerprint density at radius 3 is 2.45 bits per heavy atom. The number of benzene rings is 3. The minimum absolute atomic E-state index is 0.0619. The number of rotatable bonds is 6. The van der Waals surface area contributed by atoms with Crippen molar-refractivity contribution >= 4 is 29.1 Å². The van der Waals surface area contributed by atoms with Crippen molar-refractivity contribution in [1.29, 1.82) is 0 Å². The van der Waals surface area contributed by atoms with Crippen LogP contribution in [-0.4, -0.2) is 22.8 Å². The fraction of sp³-hybridized carbons (Fsp3) is 0.200. The van der Waals surface area contributed by atoms with Crippen LogP contribution in [0, 0.1) is 12.7 Å². The first-order valence-electron chi connectivity index (χ1n) is 10.1. The molecule has 4 nitrogen and oxygen atoms in total. The van der Waals surface area contributed by atoms with Crippen molar-refractivity contribution in [1.82, 2.24) is 4.90 Å². The Balaban J connectivity index is 1.58. The second kappa shape index (κ2) is 8.90. The smallest absolute Gasteiger partial charge is 0.255 e. The third-order valence-corrected chi connectivity index (χ3v) is 5.76. The first-order valence-corrected chi connectivity index (χ1v) is 10.5. The summed E-state index contributed by atoms with van der Waals surface area (Å²) in [7, 11) is 0. The lowest BCUT2D eigenvalue weighted by atomic mass is 10.1. The molecule has 3 aromatic rings. The van der Waals surface area contributed by atoms with E-state index in [1.165, 1.54) is 6.07 Å². The fourth-order valence-electron chi connectivity index (χ4n) is 3.45. The largest absolute Gasteiger partial charge is 0.331 e. The molecule has 0 radical (unpaired) electrons. The van der Waals surface area contributed by atoms with Gasteiger partial charge in [0.2, 0.25) is 0 Å². The third kappa shape index (κ3) is 4.78. The van der Waals surface area contributed by atoms with Crippen LogP contribution in [0.2, 0.25) is 5.02 Å². The van der Waals surface area contributed by atoms with Gasteiger partial charge in [0, 0.05) is 33.4 Å². The summed E-state index contributed by atoms with van der Waals surface area (Å²) < 4.78 is 14.3. The average molecular weight is 437 g/mol. The van der Waals surface area contributed by atoms with Crippen molar-refractivity contribution in [2.24, 2.45) is 0 Å². The average Bonchev–Trinajstić information content (AvgIpc) is 3.60. The van der Waals surface area contributed by atoms with Crippen LogP contribution < -0.4 is 5.32 Å². The molecule has 1 saturated carbocycles. The molecular formula is C25H22ClFN2O2. The highest BCUT2D eigenvalue weighted by Crippen LogP contribution is 2.32. The molecule has 0 aliphatic heterocycles. The van der Waals surface area contributed by atoms with Crippen LogP contribution in [0.1, 0.15) is 44.7 Å². The predicted octanol–water partition coefficient (Wildman–Crippen LogP) is 5.84. The minimum Gasteiger partial charge on any atom is -0.331 e. The molecule has 2 amide bonds. The van der Waals surface area contributed by atoms with E-state index >= 15 is 0 Å². The lowest BCUT2D eigenvalue weighted by Gasteiger charge is -2.24. The molecule has 0 aromatic heterocycles. The maximum Gasteiger partial charge on any atom is 0.255 e. The topological polar surface area (TPSA) is 49.4 Å². The van der Waals surface area contributed by atoms with E-state index in [4.69, 9.17) is 11.6 Å². The highest BCUT2D eigenvalue weighted by atomic mass is 35.5. The molecule has 0 saturated heterocycles. The molecule has 0 unspecified atom stereocenters. The molecular weight excluding hydrogens is 415 g/mol. The molecule has 1 aliphatic carbocycles. The van der Waals surface area contributed by atoms with Gasteiger partial charge in [-0.2, -0.15) is 0 Å². The van der Waals surface area contributed by atoms with Gasteiger partial charge in [-0.1, -0.05) is 41.9 Å². The van der Waals surface area contributed by atoms with E-state index < -0.39 is 5.82 Å². The summed E-state index contributed by atoms with van der Waals surface area (Å²) in [4.78, 5) is 27.5. The standard InChI is InChI=1S/C25H22ClFN2O2/c1-16-10-11-18(14-23(16)28-24(30)17-6-3-2-4-7-17)25(31)29(19-12-13-19)15-20-21(26)8-5-9-22(20)27/h2-11,14,19H,12-13,15H2,1H3,(H,28,30). The second-order valence-electron chi connectivity index (χ2n) is 7.71. The quantitative estimate of drug-likeness (QED) is 0.527. The number of nitrogens with zero attached hydrogens (tertiary/aromatic N) is 1. The van der Waals surface area contributed by atoms with Crippen molar-refractivity contribution < 1.29 is 14.0 Å². The van der Waals surface area contributed by atoms with Gasteiger partial charge in [-0.15, -0.1) is 0 Å². The van der Waals surface area contributed by atoms with E-state index in [0.29, 0.717) is 27.4 Å². The van der Waals surface area contributed by atoms with Gasteiger partial charge in [0.05, 0.1) is 6.54 Å². The summed E-state index contributed by atoms with van der Waals surface area (Å²) in [5, 5.41) is 3.19. The van der Waals surface area contributed by atoms with Crippen molar-refractivity contribution in [3.63, 3.8) is 0 Å². The zero-order valence-corrected chi connectivity index (χ0v) is 17.8. The first-order chi connectivity index (χ1) is 14.9. The molecule has 158 valence electrons. The van der Waals surface area contributed by atoms with Crippen LogP contribution in [0.15, 0.2) is 66.7 Å². The SMILES string of the molecule is Cc1ccc(C(=O)N(Cc2c(F)cccc2Cl)C2CC2)cc1NC(=O)c1ccccc1. The van der Waals surface area contributed by atoms with E-state index in [-0.39, 0.29) is 24.4 Å². The van der Waals surface area contributed by atoms with Crippen LogP contribution >= 0.6 is 11.6 Å². The Morgan fingerprint density at radius 2 is 1.77 bits per heavy atom.